The maximum Gasteiger partial charge on any atom is 0.417 e. The second kappa shape index (κ2) is 12.0. The van der Waals surface area contributed by atoms with E-state index in [1.54, 1.807) is 6.07 Å². The summed E-state index contributed by atoms with van der Waals surface area (Å²) in [6.07, 6.45) is -4.90. The van der Waals surface area contributed by atoms with E-state index in [1.807, 2.05) is 0 Å². The number of carbonyl (C=O) groups is 2. The molecule has 0 saturated heterocycles. The summed E-state index contributed by atoms with van der Waals surface area (Å²) >= 11 is 5.73. The Labute approximate surface area is 228 Å². The Balaban J connectivity index is 2.10. The molecule has 0 aliphatic heterocycles. The highest BCUT2D eigenvalue weighted by Crippen LogP contribution is 2.38. The number of alkyl halides is 3. The van der Waals surface area contributed by atoms with Crippen molar-refractivity contribution in [2.75, 3.05) is 17.9 Å². The molecule has 0 spiro atoms. The first-order valence-corrected chi connectivity index (χ1v) is 13.3. The zero-order valence-electron chi connectivity index (χ0n) is 20.7. The first-order chi connectivity index (χ1) is 18.3. The molecular formula is C26H24ClF4N3O4S. The molecule has 0 radical (unpaired) electrons. The van der Waals surface area contributed by atoms with Crippen LogP contribution in [0.3, 0.4) is 0 Å². The van der Waals surface area contributed by atoms with E-state index in [4.69, 9.17) is 11.6 Å². The van der Waals surface area contributed by atoms with E-state index in [0.29, 0.717) is 15.9 Å². The predicted molar refractivity (Wildman–Crippen MR) is 138 cm³/mol. The van der Waals surface area contributed by atoms with Gasteiger partial charge in [-0.25, -0.2) is 12.8 Å². The maximum absolute atomic E-state index is 13.6. The molecule has 3 aromatic carbocycles. The van der Waals surface area contributed by atoms with E-state index < -0.39 is 62.7 Å². The Kier molecular flexibility index (Phi) is 9.23. The Hall–Kier alpha value is -3.64. The third-order valence-corrected chi connectivity index (χ3v) is 7.95. The molecule has 2 amide bonds. The number of benzene rings is 3. The van der Waals surface area contributed by atoms with Crippen LogP contribution in [0.5, 0.6) is 0 Å². The van der Waals surface area contributed by atoms with Gasteiger partial charge in [0.2, 0.25) is 11.8 Å². The highest BCUT2D eigenvalue weighted by atomic mass is 35.5. The normalized spacial score (nSPS) is 12.5. The number of amides is 2. The summed E-state index contributed by atoms with van der Waals surface area (Å²) in [4.78, 5) is 26.8. The van der Waals surface area contributed by atoms with Crippen LogP contribution in [0.1, 0.15) is 18.1 Å². The summed E-state index contributed by atoms with van der Waals surface area (Å²) in [5, 5.41) is 1.75. The van der Waals surface area contributed by atoms with Crippen molar-refractivity contribution in [1.29, 1.82) is 0 Å². The minimum absolute atomic E-state index is 0.207. The number of halogens is 5. The topological polar surface area (TPSA) is 86.8 Å². The zero-order valence-corrected chi connectivity index (χ0v) is 22.3. The Morgan fingerprint density at radius 2 is 1.62 bits per heavy atom. The van der Waals surface area contributed by atoms with Gasteiger partial charge in [0.15, 0.2) is 0 Å². The number of rotatable bonds is 9. The number of sulfonamides is 1. The van der Waals surface area contributed by atoms with Gasteiger partial charge in [0, 0.05) is 13.6 Å². The van der Waals surface area contributed by atoms with Crippen LogP contribution in [0, 0.1) is 5.82 Å². The highest BCUT2D eigenvalue weighted by Gasteiger charge is 2.36. The fourth-order valence-corrected chi connectivity index (χ4v) is 5.36. The molecule has 0 fully saturated rings. The summed E-state index contributed by atoms with van der Waals surface area (Å²) in [6, 6.07) is 13.3. The van der Waals surface area contributed by atoms with Gasteiger partial charge < -0.3 is 10.2 Å². The Morgan fingerprint density at radius 1 is 1.00 bits per heavy atom. The fourth-order valence-electron chi connectivity index (χ4n) is 3.71. The van der Waals surface area contributed by atoms with Crippen molar-refractivity contribution in [2.24, 2.45) is 0 Å². The lowest BCUT2D eigenvalue weighted by atomic mass is 10.1. The lowest BCUT2D eigenvalue weighted by molar-refractivity contribution is -0.139. The SMILES string of the molecule is CNC(=O)[C@@H](C)N(Cc1ccc(F)cc1)C(=O)CN(c1ccc(Cl)c(C(F)(F)F)c1)S(=O)(=O)c1ccccc1. The van der Waals surface area contributed by atoms with Crippen LogP contribution in [-0.2, 0) is 32.3 Å². The maximum atomic E-state index is 13.6. The van der Waals surface area contributed by atoms with Gasteiger partial charge in [-0.1, -0.05) is 41.9 Å². The number of nitrogens with one attached hydrogen (secondary N) is 1. The molecular weight excluding hydrogens is 562 g/mol. The molecule has 0 unspecified atom stereocenters. The molecule has 0 aromatic heterocycles. The second-order valence-corrected chi connectivity index (χ2v) is 10.7. The van der Waals surface area contributed by atoms with Crippen LogP contribution in [0.2, 0.25) is 5.02 Å². The van der Waals surface area contributed by atoms with Crippen molar-refractivity contribution in [3.05, 3.63) is 94.8 Å². The van der Waals surface area contributed by atoms with E-state index in [2.05, 4.69) is 5.32 Å². The summed E-state index contributed by atoms with van der Waals surface area (Å²) < 4.78 is 82.0. The third kappa shape index (κ3) is 7.07. The van der Waals surface area contributed by atoms with Crippen molar-refractivity contribution >= 4 is 39.1 Å². The first-order valence-electron chi connectivity index (χ1n) is 11.5. The lowest BCUT2D eigenvalue weighted by Crippen LogP contribution is -2.50. The van der Waals surface area contributed by atoms with E-state index in [-0.39, 0.29) is 11.4 Å². The van der Waals surface area contributed by atoms with Crippen molar-refractivity contribution in [3.63, 3.8) is 0 Å². The fraction of sp³-hybridized carbons (Fsp3) is 0.231. The molecule has 39 heavy (non-hydrogen) atoms. The summed E-state index contributed by atoms with van der Waals surface area (Å²) in [5.41, 5.74) is -1.31. The van der Waals surface area contributed by atoms with E-state index >= 15 is 0 Å². The second-order valence-electron chi connectivity index (χ2n) is 8.42. The number of likely N-dealkylation sites (N-methyl/N-ethyl adjacent to an activating group) is 1. The van der Waals surface area contributed by atoms with Gasteiger partial charge in [-0.3, -0.25) is 13.9 Å². The van der Waals surface area contributed by atoms with Gasteiger partial charge in [0.05, 0.1) is 21.2 Å². The van der Waals surface area contributed by atoms with E-state index in [0.717, 1.165) is 29.2 Å². The molecule has 7 nitrogen and oxygen atoms in total. The van der Waals surface area contributed by atoms with Gasteiger partial charge >= 0.3 is 6.18 Å². The molecule has 3 aromatic rings. The molecule has 0 aliphatic rings. The Morgan fingerprint density at radius 3 is 2.18 bits per heavy atom. The van der Waals surface area contributed by atoms with Crippen molar-refractivity contribution in [1.82, 2.24) is 10.2 Å². The summed E-state index contributed by atoms with van der Waals surface area (Å²) in [6.45, 7) is 0.250. The minimum atomic E-state index is -4.90. The zero-order chi connectivity index (χ0) is 29.0. The average Bonchev–Trinajstić information content (AvgIpc) is 2.90. The highest BCUT2D eigenvalue weighted by molar-refractivity contribution is 7.92. The molecule has 0 heterocycles. The average molecular weight is 586 g/mol. The van der Waals surface area contributed by atoms with Gasteiger partial charge in [-0.05, 0) is 55.0 Å². The molecule has 3 rings (SSSR count). The largest absolute Gasteiger partial charge is 0.417 e. The predicted octanol–water partition coefficient (Wildman–Crippen LogP) is 4.86. The van der Waals surface area contributed by atoms with Crippen LogP contribution in [-0.4, -0.2) is 44.8 Å². The molecule has 0 bridgehead atoms. The summed E-state index contributed by atoms with van der Waals surface area (Å²) in [5.74, 6) is -1.99. The van der Waals surface area contributed by atoms with Gasteiger partial charge in [-0.2, -0.15) is 13.2 Å². The van der Waals surface area contributed by atoms with Gasteiger partial charge in [-0.15, -0.1) is 0 Å². The third-order valence-electron chi connectivity index (χ3n) is 5.83. The monoisotopic (exact) mass is 585 g/mol. The van der Waals surface area contributed by atoms with Crippen molar-refractivity contribution in [2.45, 2.75) is 30.6 Å². The van der Waals surface area contributed by atoms with E-state index in [1.165, 1.54) is 50.4 Å². The van der Waals surface area contributed by atoms with E-state index in [9.17, 15) is 35.6 Å². The number of carbonyl (C=O) groups excluding carboxylic acids is 2. The van der Waals surface area contributed by atoms with Crippen LogP contribution < -0.4 is 9.62 Å². The molecule has 1 N–H and O–H groups in total. The first kappa shape index (κ1) is 29.9. The molecule has 13 heteroatoms. The molecule has 0 aliphatic carbocycles. The molecule has 1 atom stereocenters. The number of anilines is 1. The molecule has 0 saturated carbocycles. The Bertz CT molecular complexity index is 1440. The lowest BCUT2D eigenvalue weighted by Gasteiger charge is -2.32. The van der Waals surface area contributed by atoms with Crippen LogP contribution in [0.25, 0.3) is 0 Å². The number of hydrogen-bond donors (Lipinski definition) is 1. The van der Waals surface area contributed by atoms with Crippen molar-refractivity contribution in [3.8, 4) is 0 Å². The smallest absolute Gasteiger partial charge is 0.357 e. The molecule has 208 valence electrons. The van der Waals surface area contributed by atoms with Gasteiger partial charge in [0.25, 0.3) is 10.0 Å². The van der Waals surface area contributed by atoms with Crippen LogP contribution >= 0.6 is 11.6 Å². The quantitative estimate of drug-likeness (QED) is 0.364. The number of hydrogen-bond acceptors (Lipinski definition) is 4. The standard InChI is InChI=1S/C26H24ClF4N3O4S/c1-17(25(36)32-2)33(15-18-8-10-19(28)11-9-18)24(35)16-34(39(37,38)21-6-4-3-5-7-21)20-12-13-23(27)22(14-20)26(29,30)31/h3-14,17H,15-16H2,1-2H3,(H,32,36)/t17-/m1/s1. The van der Waals surface area contributed by atoms with Crippen LogP contribution in [0.15, 0.2) is 77.7 Å². The van der Waals surface area contributed by atoms with Gasteiger partial charge in [0.1, 0.15) is 18.4 Å². The minimum Gasteiger partial charge on any atom is -0.357 e. The van der Waals surface area contributed by atoms with Crippen LogP contribution in [0.4, 0.5) is 23.2 Å². The van der Waals surface area contributed by atoms with Crippen molar-refractivity contribution < 1.29 is 35.6 Å². The number of nitrogens with zero attached hydrogens (tertiary/aromatic N) is 2. The summed E-state index contributed by atoms with van der Waals surface area (Å²) in [7, 11) is -3.22.